The van der Waals surface area contributed by atoms with Crippen molar-refractivity contribution in [1.82, 2.24) is 10.6 Å². The maximum atomic E-state index is 12.3. The average molecular weight is 496 g/mol. The van der Waals surface area contributed by atoms with E-state index in [1.54, 1.807) is 13.8 Å². The predicted molar refractivity (Wildman–Crippen MR) is 113 cm³/mol. The van der Waals surface area contributed by atoms with Crippen LogP contribution in [0.1, 0.15) is 39.5 Å². The van der Waals surface area contributed by atoms with Crippen LogP contribution in [0.15, 0.2) is 0 Å². The lowest BCUT2D eigenvalue weighted by Crippen LogP contribution is -2.49. The highest BCUT2D eigenvalue weighted by Gasteiger charge is 2.47. The average Bonchev–Trinajstić information content (AvgIpc) is 2.71. The van der Waals surface area contributed by atoms with Crippen molar-refractivity contribution in [2.24, 2.45) is 5.41 Å². The summed E-state index contributed by atoms with van der Waals surface area (Å²) >= 11 is 0.895. The topological polar surface area (TPSA) is 174 Å². The number of Topliss-reactive ketones (excluding diaryl/α,β-unsaturated/α-hetero) is 1. The molecule has 0 aromatic carbocycles. The number of phosphoric ester groups is 1. The minimum atomic E-state index is -4.29. The number of thioether (sulfide) groups is 1. The van der Waals surface area contributed by atoms with Crippen LogP contribution in [-0.2, 0) is 42.3 Å². The molecule has 0 saturated carbocycles. The maximum absolute atomic E-state index is 12.3. The van der Waals surface area contributed by atoms with Crippen LogP contribution in [0.3, 0.4) is 0 Å². The van der Waals surface area contributed by atoms with Crippen LogP contribution in [0, 0.1) is 5.41 Å². The first-order valence-corrected chi connectivity index (χ1v) is 12.3. The fourth-order valence-electron chi connectivity index (χ4n) is 2.51. The first kappa shape index (κ1) is 28.2. The molecule has 2 amide bonds. The van der Waals surface area contributed by atoms with E-state index >= 15 is 0 Å². The first-order chi connectivity index (χ1) is 14.9. The third-order valence-electron chi connectivity index (χ3n) is 4.30. The summed E-state index contributed by atoms with van der Waals surface area (Å²) in [4.78, 5) is 67.8. The van der Waals surface area contributed by atoms with Gasteiger partial charge < -0.3 is 20.3 Å². The summed E-state index contributed by atoms with van der Waals surface area (Å²) in [5, 5.41) is 4.71. The zero-order chi connectivity index (χ0) is 24.4. The number of ketones is 1. The van der Waals surface area contributed by atoms with Crippen LogP contribution < -0.4 is 10.6 Å². The van der Waals surface area contributed by atoms with Crippen LogP contribution in [0.2, 0.25) is 0 Å². The fraction of sp³-hybridized carbons (Fsp3) is 0.722. The van der Waals surface area contributed by atoms with Gasteiger partial charge in [-0.25, -0.2) is 4.57 Å². The molecule has 12 nitrogen and oxygen atoms in total. The molecule has 1 rings (SSSR count). The smallest absolute Gasteiger partial charge is 0.469 e. The number of hydrogen-bond acceptors (Lipinski definition) is 10. The van der Waals surface area contributed by atoms with E-state index in [4.69, 9.17) is 9.05 Å². The number of hydrogen-bond donors (Lipinski definition) is 3. The highest BCUT2D eigenvalue weighted by Crippen LogP contribution is 2.52. The van der Waals surface area contributed by atoms with Gasteiger partial charge in [-0.3, -0.25) is 33.0 Å². The Balaban J connectivity index is 2.20. The molecule has 0 aliphatic carbocycles. The maximum Gasteiger partial charge on any atom is 0.472 e. The Morgan fingerprint density at radius 3 is 2.47 bits per heavy atom. The molecular formula is C18H29N2O10PS. The van der Waals surface area contributed by atoms with Gasteiger partial charge in [0.05, 0.1) is 26.6 Å². The van der Waals surface area contributed by atoms with Crippen molar-refractivity contribution in [3.63, 3.8) is 0 Å². The van der Waals surface area contributed by atoms with Gasteiger partial charge in [-0.05, 0) is 0 Å². The van der Waals surface area contributed by atoms with Gasteiger partial charge >= 0.3 is 13.8 Å². The number of phosphoric acid groups is 1. The molecule has 1 fully saturated rings. The lowest BCUT2D eigenvalue weighted by atomic mass is 9.87. The molecule has 32 heavy (non-hydrogen) atoms. The second-order valence-corrected chi connectivity index (χ2v) is 10.2. The summed E-state index contributed by atoms with van der Waals surface area (Å²) < 4.78 is 25.5. The zero-order valence-electron chi connectivity index (χ0n) is 18.2. The van der Waals surface area contributed by atoms with Gasteiger partial charge in [0.2, 0.25) is 11.8 Å². The molecule has 182 valence electrons. The van der Waals surface area contributed by atoms with E-state index in [0.29, 0.717) is 0 Å². The van der Waals surface area contributed by atoms with E-state index in [-0.39, 0.29) is 67.9 Å². The van der Waals surface area contributed by atoms with E-state index in [9.17, 15) is 33.4 Å². The van der Waals surface area contributed by atoms with E-state index in [0.717, 1.165) is 11.8 Å². The van der Waals surface area contributed by atoms with E-state index < -0.39 is 31.2 Å². The van der Waals surface area contributed by atoms with Crippen molar-refractivity contribution in [2.45, 2.75) is 45.6 Å². The first-order valence-electron chi connectivity index (χ1n) is 9.80. The Labute approximate surface area is 190 Å². The zero-order valence-corrected chi connectivity index (χ0v) is 19.9. The Morgan fingerprint density at radius 1 is 1.12 bits per heavy atom. The Bertz CT molecular complexity index is 773. The molecule has 1 heterocycles. The standard InChI is InChI=1S/C18H29N2O10PS/c1-18(2)11-29-31(26,27)30-16(18)17(25)20-7-6-13(22)19-8-9-32-15(24)10-12(21)4-5-14(23)28-3/h16H,4-11H2,1-3H3,(H,19,22)(H,20,25)(H,26,27)/t16-/m0/s1. The lowest BCUT2D eigenvalue weighted by Gasteiger charge is -2.38. The van der Waals surface area contributed by atoms with Crippen molar-refractivity contribution in [3.8, 4) is 0 Å². The molecule has 1 saturated heterocycles. The van der Waals surface area contributed by atoms with Crippen molar-refractivity contribution in [3.05, 3.63) is 0 Å². The van der Waals surface area contributed by atoms with Gasteiger partial charge in [0.1, 0.15) is 5.78 Å². The highest BCUT2D eigenvalue weighted by molar-refractivity contribution is 8.13. The number of nitrogens with one attached hydrogen (secondary N) is 2. The van der Waals surface area contributed by atoms with Gasteiger partial charge in [0, 0.05) is 37.1 Å². The van der Waals surface area contributed by atoms with Crippen LogP contribution in [0.5, 0.6) is 0 Å². The second-order valence-electron chi connectivity index (χ2n) is 7.62. The normalized spacial score (nSPS) is 21.9. The largest absolute Gasteiger partial charge is 0.472 e. The number of ether oxygens (including phenoxy) is 1. The molecule has 0 aromatic rings. The molecular weight excluding hydrogens is 467 g/mol. The Morgan fingerprint density at radius 2 is 1.81 bits per heavy atom. The molecule has 0 spiro atoms. The molecule has 1 aliphatic rings. The number of carbonyl (C=O) groups is 5. The van der Waals surface area contributed by atoms with Gasteiger partial charge in [-0.1, -0.05) is 25.6 Å². The molecule has 0 aromatic heterocycles. The van der Waals surface area contributed by atoms with Crippen molar-refractivity contribution in [1.29, 1.82) is 0 Å². The van der Waals surface area contributed by atoms with Crippen molar-refractivity contribution in [2.75, 3.05) is 32.6 Å². The Hall–Kier alpha value is -1.79. The third-order valence-corrected chi connectivity index (χ3v) is 6.11. The summed E-state index contributed by atoms with van der Waals surface area (Å²) in [6.07, 6.45) is -1.68. The third kappa shape index (κ3) is 10.7. The molecule has 0 radical (unpaired) electrons. The second kappa shape index (κ2) is 13.0. The minimum Gasteiger partial charge on any atom is -0.469 e. The lowest BCUT2D eigenvalue weighted by molar-refractivity contribution is -0.142. The van der Waals surface area contributed by atoms with Crippen LogP contribution in [0.4, 0.5) is 0 Å². The number of methoxy groups -OCH3 is 1. The van der Waals surface area contributed by atoms with Gasteiger partial charge in [0.15, 0.2) is 11.2 Å². The van der Waals surface area contributed by atoms with E-state index in [1.165, 1.54) is 7.11 Å². The highest BCUT2D eigenvalue weighted by atomic mass is 32.2. The molecule has 14 heteroatoms. The minimum absolute atomic E-state index is 0.0159. The van der Waals surface area contributed by atoms with Crippen LogP contribution in [-0.4, -0.2) is 72.2 Å². The Kier molecular flexibility index (Phi) is 11.5. The molecule has 3 N–H and O–H groups in total. The van der Waals surface area contributed by atoms with Gasteiger partial charge in [-0.2, -0.15) is 0 Å². The monoisotopic (exact) mass is 496 g/mol. The molecule has 1 aliphatic heterocycles. The number of carbonyl (C=O) groups excluding carboxylic acids is 5. The summed E-state index contributed by atoms with van der Waals surface area (Å²) in [6.45, 7) is 3.33. The summed E-state index contributed by atoms with van der Waals surface area (Å²) in [5.74, 6) is -1.61. The number of rotatable bonds is 12. The molecule has 2 atom stereocenters. The van der Waals surface area contributed by atoms with Crippen LogP contribution >= 0.6 is 19.6 Å². The summed E-state index contributed by atoms with van der Waals surface area (Å²) in [5.41, 5.74) is -0.826. The summed E-state index contributed by atoms with van der Waals surface area (Å²) in [7, 11) is -3.07. The fourth-order valence-corrected chi connectivity index (χ4v) is 4.41. The van der Waals surface area contributed by atoms with E-state index in [2.05, 4.69) is 15.4 Å². The summed E-state index contributed by atoms with van der Waals surface area (Å²) in [6, 6.07) is 0. The van der Waals surface area contributed by atoms with E-state index in [1.807, 2.05) is 0 Å². The van der Waals surface area contributed by atoms with Crippen molar-refractivity contribution >= 4 is 48.3 Å². The van der Waals surface area contributed by atoms with Crippen molar-refractivity contribution < 1.29 is 47.2 Å². The SMILES string of the molecule is COC(=O)CCC(=O)CC(=O)SCCNC(=O)CCNC(=O)[C@@H]1OP(=O)(O)OCC1(C)C. The van der Waals surface area contributed by atoms with Crippen LogP contribution in [0.25, 0.3) is 0 Å². The quantitative estimate of drug-likeness (QED) is 0.147. The van der Waals surface area contributed by atoms with Gasteiger partial charge in [0.25, 0.3) is 0 Å². The van der Waals surface area contributed by atoms with Gasteiger partial charge in [-0.15, -0.1) is 0 Å². The number of esters is 1. The predicted octanol–water partition coefficient (Wildman–Crippen LogP) is 0.323. The molecule has 1 unspecified atom stereocenters. The molecule has 0 bridgehead atoms. The number of amides is 2.